The first-order chi connectivity index (χ1) is 9.65. The highest BCUT2D eigenvalue weighted by atomic mass is 16.6. The normalized spacial score (nSPS) is 10.3. The Morgan fingerprint density at radius 1 is 1.50 bits per heavy atom. The molecule has 2 aromatic rings. The molecular weight excluding hydrogens is 264 g/mol. The Morgan fingerprint density at radius 2 is 2.30 bits per heavy atom. The van der Waals surface area contributed by atoms with Crippen LogP contribution in [0.25, 0.3) is 0 Å². The number of carbonyl (C=O) groups is 1. The number of benzene rings is 1. The standard InChI is InChI=1S/C12H14N4O4/c1-2-19-9-4-3-8(5-7(9)6-17)14-12(18)10-11(13)16-20-15-10/h3-5,17H,2,6H2,1H3,(H2,13,16)(H,14,18). The highest BCUT2D eigenvalue weighted by molar-refractivity contribution is 6.05. The topological polar surface area (TPSA) is 124 Å². The molecule has 0 aliphatic heterocycles. The number of nitrogens with two attached hydrogens (primary N) is 1. The summed E-state index contributed by atoms with van der Waals surface area (Å²) < 4.78 is 9.70. The molecule has 0 saturated carbocycles. The summed E-state index contributed by atoms with van der Waals surface area (Å²) in [5.41, 5.74) is 6.38. The number of nitrogens with zero attached hydrogens (tertiary/aromatic N) is 2. The summed E-state index contributed by atoms with van der Waals surface area (Å²) in [4.78, 5) is 11.9. The molecule has 8 nitrogen and oxygen atoms in total. The van der Waals surface area contributed by atoms with Gasteiger partial charge in [0.1, 0.15) is 5.75 Å². The maximum atomic E-state index is 11.9. The van der Waals surface area contributed by atoms with Gasteiger partial charge >= 0.3 is 0 Å². The Kier molecular flexibility index (Phi) is 4.16. The lowest BCUT2D eigenvalue weighted by molar-refractivity contribution is 0.101. The molecule has 0 atom stereocenters. The van der Waals surface area contributed by atoms with Gasteiger partial charge in [-0.2, -0.15) is 0 Å². The van der Waals surface area contributed by atoms with E-state index in [0.717, 1.165) is 0 Å². The van der Waals surface area contributed by atoms with Crippen molar-refractivity contribution >= 4 is 17.4 Å². The molecule has 4 N–H and O–H groups in total. The van der Waals surface area contributed by atoms with Crippen LogP contribution in [0.5, 0.6) is 5.75 Å². The predicted octanol–water partition coefficient (Wildman–Crippen LogP) is 0.795. The maximum Gasteiger partial charge on any atom is 0.281 e. The van der Waals surface area contributed by atoms with Gasteiger partial charge in [0.15, 0.2) is 0 Å². The molecule has 1 aromatic heterocycles. The second kappa shape index (κ2) is 6.02. The van der Waals surface area contributed by atoms with E-state index in [2.05, 4.69) is 20.3 Å². The van der Waals surface area contributed by atoms with Crippen molar-refractivity contribution in [3.63, 3.8) is 0 Å². The SMILES string of the molecule is CCOc1ccc(NC(=O)c2nonc2N)cc1CO. The average Bonchev–Trinajstić information content (AvgIpc) is 2.87. The van der Waals surface area contributed by atoms with Crippen molar-refractivity contribution in [1.29, 1.82) is 0 Å². The summed E-state index contributed by atoms with van der Waals surface area (Å²) >= 11 is 0. The van der Waals surface area contributed by atoms with E-state index in [1.54, 1.807) is 18.2 Å². The van der Waals surface area contributed by atoms with Crippen molar-refractivity contribution in [2.45, 2.75) is 13.5 Å². The number of aromatic nitrogens is 2. The molecule has 0 spiro atoms. The van der Waals surface area contributed by atoms with Gasteiger partial charge in [-0.1, -0.05) is 0 Å². The lowest BCUT2D eigenvalue weighted by Crippen LogP contribution is -2.14. The fourth-order valence-corrected chi connectivity index (χ4v) is 1.62. The van der Waals surface area contributed by atoms with E-state index >= 15 is 0 Å². The third kappa shape index (κ3) is 2.86. The third-order valence-electron chi connectivity index (χ3n) is 2.52. The van der Waals surface area contributed by atoms with Crippen LogP contribution in [-0.2, 0) is 6.61 Å². The van der Waals surface area contributed by atoms with Crippen molar-refractivity contribution in [2.75, 3.05) is 17.7 Å². The van der Waals surface area contributed by atoms with Gasteiger partial charge in [-0.05, 0) is 35.4 Å². The van der Waals surface area contributed by atoms with Crippen LogP contribution >= 0.6 is 0 Å². The molecule has 1 amide bonds. The number of hydrogen-bond acceptors (Lipinski definition) is 7. The fourth-order valence-electron chi connectivity index (χ4n) is 1.62. The molecule has 106 valence electrons. The van der Waals surface area contributed by atoms with Crippen LogP contribution in [0.1, 0.15) is 23.0 Å². The highest BCUT2D eigenvalue weighted by Crippen LogP contribution is 2.23. The number of aliphatic hydroxyl groups is 1. The summed E-state index contributed by atoms with van der Waals surface area (Å²) in [7, 11) is 0. The zero-order valence-corrected chi connectivity index (χ0v) is 10.8. The first kappa shape index (κ1) is 13.8. The summed E-state index contributed by atoms with van der Waals surface area (Å²) in [6.45, 7) is 2.13. The molecule has 0 radical (unpaired) electrons. The van der Waals surface area contributed by atoms with E-state index in [0.29, 0.717) is 23.6 Å². The molecule has 0 fully saturated rings. The van der Waals surface area contributed by atoms with Gasteiger partial charge in [-0.3, -0.25) is 4.79 Å². The number of aliphatic hydroxyl groups excluding tert-OH is 1. The van der Waals surface area contributed by atoms with Crippen molar-refractivity contribution in [3.05, 3.63) is 29.5 Å². The van der Waals surface area contributed by atoms with E-state index < -0.39 is 5.91 Å². The second-order valence-electron chi connectivity index (χ2n) is 3.87. The van der Waals surface area contributed by atoms with Gasteiger partial charge in [0.05, 0.1) is 13.2 Å². The molecule has 0 saturated heterocycles. The van der Waals surface area contributed by atoms with Crippen molar-refractivity contribution in [1.82, 2.24) is 10.3 Å². The van der Waals surface area contributed by atoms with Gasteiger partial charge in [-0.25, -0.2) is 4.63 Å². The number of ether oxygens (including phenoxy) is 1. The number of nitrogen functional groups attached to an aromatic ring is 1. The Bertz CT molecular complexity index is 611. The largest absolute Gasteiger partial charge is 0.494 e. The van der Waals surface area contributed by atoms with Crippen molar-refractivity contribution < 1.29 is 19.3 Å². The van der Waals surface area contributed by atoms with Crippen LogP contribution in [0, 0.1) is 0 Å². The van der Waals surface area contributed by atoms with E-state index in [9.17, 15) is 9.90 Å². The minimum absolute atomic E-state index is 0.0872. The first-order valence-corrected chi connectivity index (χ1v) is 5.91. The number of rotatable bonds is 5. The van der Waals surface area contributed by atoms with Crippen LogP contribution in [0.3, 0.4) is 0 Å². The zero-order chi connectivity index (χ0) is 14.5. The predicted molar refractivity (Wildman–Crippen MR) is 70.2 cm³/mol. The lowest BCUT2D eigenvalue weighted by atomic mass is 10.2. The van der Waals surface area contributed by atoms with Gasteiger partial charge in [0, 0.05) is 11.3 Å². The molecular formula is C12H14N4O4. The van der Waals surface area contributed by atoms with Gasteiger partial charge in [-0.15, -0.1) is 0 Å². The third-order valence-corrected chi connectivity index (χ3v) is 2.52. The van der Waals surface area contributed by atoms with E-state index in [4.69, 9.17) is 10.5 Å². The smallest absolute Gasteiger partial charge is 0.281 e. The number of carbonyl (C=O) groups excluding carboxylic acids is 1. The van der Waals surface area contributed by atoms with Crippen molar-refractivity contribution in [3.8, 4) is 5.75 Å². The second-order valence-corrected chi connectivity index (χ2v) is 3.87. The number of nitrogens with one attached hydrogen (secondary N) is 1. The molecule has 0 unspecified atom stereocenters. The van der Waals surface area contributed by atoms with E-state index in [1.165, 1.54) is 0 Å². The minimum Gasteiger partial charge on any atom is -0.494 e. The van der Waals surface area contributed by atoms with Crippen LogP contribution in [0.15, 0.2) is 22.8 Å². The molecule has 2 rings (SSSR count). The van der Waals surface area contributed by atoms with Gasteiger partial charge < -0.3 is 20.9 Å². The number of anilines is 2. The molecule has 0 bridgehead atoms. The number of amides is 1. The monoisotopic (exact) mass is 278 g/mol. The van der Waals surface area contributed by atoms with Crippen molar-refractivity contribution in [2.24, 2.45) is 0 Å². The van der Waals surface area contributed by atoms with Crippen LogP contribution in [0.4, 0.5) is 11.5 Å². The number of hydrogen-bond donors (Lipinski definition) is 3. The molecule has 1 aromatic carbocycles. The summed E-state index contributed by atoms with van der Waals surface area (Å²) in [5.74, 6) is -0.0665. The first-order valence-electron chi connectivity index (χ1n) is 5.91. The van der Waals surface area contributed by atoms with E-state index in [-0.39, 0.29) is 18.1 Å². The summed E-state index contributed by atoms with van der Waals surface area (Å²) in [6.07, 6.45) is 0. The Balaban J connectivity index is 2.18. The summed E-state index contributed by atoms with van der Waals surface area (Å²) in [6, 6.07) is 4.91. The van der Waals surface area contributed by atoms with Gasteiger partial charge in [0.25, 0.3) is 5.91 Å². The maximum absolute atomic E-state index is 11.9. The molecule has 20 heavy (non-hydrogen) atoms. The summed E-state index contributed by atoms with van der Waals surface area (Å²) in [5, 5.41) is 18.6. The molecule has 0 aliphatic rings. The molecule has 1 heterocycles. The van der Waals surface area contributed by atoms with Gasteiger partial charge in [0.2, 0.25) is 11.5 Å². The quantitative estimate of drug-likeness (QED) is 0.738. The lowest BCUT2D eigenvalue weighted by Gasteiger charge is -2.10. The minimum atomic E-state index is -0.545. The Labute approximate surface area is 114 Å². The zero-order valence-electron chi connectivity index (χ0n) is 10.8. The van der Waals surface area contributed by atoms with Crippen LogP contribution in [-0.4, -0.2) is 27.9 Å². The Morgan fingerprint density at radius 3 is 2.90 bits per heavy atom. The van der Waals surface area contributed by atoms with Crippen LogP contribution in [0.2, 0.25) is 0 Å². The molecule has 0 aliphatic carbocycles. The highest BCUT2D eigenvalue weighted by Gasteiger charge is 2.16. The van der Waals surface area contributed by atoms with Crippen LogP contribution < -0.4 is 15.8 Å². The molecule has 8 heteroatoms. The van der Waals surface area contributed by atoms with E-state index in [1.807, 2.05) is 6.92 Å². The fraction of sp³-hybridized carbons (Fsp3) is 0.250. The Hall–Kier alpha value is -2.61. The average molecular weight is 278 g/mol.